The molecule has 1 atom stereocenters. The summed E-state index contributed by atoms with van der Waals surface area (Å²) in [4.78, 5) is 26.4. The van der Waals surface area contributed by atoms with E-state index in [-0.39, 0.29) is 18.2 Å². The van der Waals surface area contributed by atoms with Gasteiger partial charge in [0.2, 0.25) is 5.91 Å². The molecule has 2 aromatic rings. The maximum atomic E-state index is 12.7. The molecule has 1 fully saturated rings. The number of anilines is 2. The van der Waals surface area contributed by atoms with Crippen LogP contribution in [-0.2, 0) is 9.59 Å². The van der Waals surface area contributed by atoms with Gasteiger partial charge in [0, 0.05) is 10.2 Å². The average Bonchev–Trinajstić information content (AvgIpc) is 2.79. The molecule has 2 aromatic carbocycles. The van der Waals surface area contributed by atoms with Crippen LogP contribution in [0.1, 0.15) is 17.5 Å². The molecular weight excluding hydrogens is 356 g/mol. The monoisotopic (exact) mass is 372 g/mol. The summed E-state index contributed by atoms with van der Waals surface area (Å²) < 4.78 is 0.866. The van der Waals surface area contributed by atoms with E-state index < -0.39 is 6.04 Å². The van der Waals surface area contributed by atoms with Crippen LogP contribution in [0.5, 0.6) is 0 Å². The first-order chi connectivity index (χ1) is 11.0. The van der Waals surface area contributed by atoms with Crippen molar-refractivity contribution in [3.8, 4) is 0 Å². The lowest BCUT2D eigenvalue weighted by atomic mass is 10.1. The van der Waals surface area contributed by atoms with Crippen molar-refractivity contribution in [3.05, 3.63) is 58.1 Å². The van der Waals surface area contributed by atoms with Crippen LogP contribution in [0, 0.1) is 13.8 Å². The number of rotatable bonds is 3. The Balaban J connectivity index is 1.89. The van der Waals surface area contributed by atoms with Crippen molar-refractivity contribution in [2.75, 3.05) is 10.2 Å². The van der Waals surface area contributed by atoms with E-state index in [0.717, 1.165) is 21.3 Å². The van der Waals surface area contributed by atoms with Crippen molar-refractivity contribution >= 4 is 39.1 Å². The fraction of sp³-hybridized carbons (Fsp3) is 0.222. The zero-order chi connectivity index (χ0) is 16.6. The second-order valence-electron chi connectivity index (χ2n) is 5.67. The van der Waals surface area contributed by atoms with Gasteiger partial charge in [-0.15, -0.1) is 0 Å². The molecule has 3 rings (SSSR count). The highest BCUT2D eigenvalue weighted by molar-refractivity contribution is 9.10. The van der Waals surface area contributed by atoms with E-state index in [9.17, 15) is 9.59 Å². The summed E-state index contributed by atoms with van der Waals surface area (Å²) in [5, 5.41) is 3.16. The number of benzene rings is 2. The fourth-order valence-electron chi connectivity index (χ4n) is 2.74. The summed E-state index contributed by atoms with van der Waals surface area (Å²) in [5.41, 5.74) is 3.50. The minimum Gasteiger partial charge on any atom is -0.372 e. The summed E-state index contributed by atoms with van der Waals surface area (Å²) in [7, 11) is 0. The van der Waals surface area contributed by atoms with E-state index in [4.69, 9.17) is 0 Å². The van der Waals surface area contributed by atoms with Crippen molar-refractivity contribution in [3.63, 3.8) is 0 Å². The first kappa shape index (κ1) is 15.7. The standard InChI is InChI=1S/C18H17BrN2O2/c1-11-6-5-9-16(12(11)2)21-17(22)10-15(18(21)23)20-14-8-4-3-7-13(14)19/h3-9,15,20H,10H2,1-2H3. The highest BCUT2D eigenvalue weighted by Gasteiger charge is 2.40. The molecule has 1 saturated heterocycles. The Hall–Kier alpha value is -2.14. The van der Waals surface area contributed by atoms with E-state index in [2.05, 4.69) is 21.2 Å². The molecule has 1 aliphatic rings. The molecule has 0 aliphatic carbocycles. The molecular formula is C18H17BrN2O2. The van der Waals surface area contributed by atoms with Crippen LogP contribution in [0.2, 0.25) is 0 Å². The number of carbonyl (C=O) groups is 2. The number of nitrogens with zero attached hydrogens (tertiary/aromatic N) is 1. The Labute approximate surface area is 143 Å². The molecule has 0 bridgehead atoms. The number of imide groups is 1. The summed E-state index contributed by atoms with van der Waals surface area (Å²) in [5.74, 6) is -0.382. The zero-order valence-corrected chi connectivity index (χ0v) is 14.6. The highest BCUT2D eigenvalue weighted by Crippen LogP contribution is 2.30. The Morgan fingerprint density at radius 3 is 2.57 bits per heavy atom. The van der Waals surface area contributed by atoms with Gasteiger partial charge >= 0.3 is 0 Å². The van der Waals surface area contributed by atoms with E-state index in [1.165, 1.54) is 4.90 Å². The van der Waals surface area contributed by atoms with Gasteiger partial charge < -0.3 is 5.32 Å². The summed E-state index contributed by atoms with van der Waals surface area (Å²) in [6.07, 6.45) is 0.160. The highest BCUT2D eigenvalue weighted by atomic mass is 79.9. The Bertz CT molecular complexity index is 788. The summed E-state index contributed by atoms with van der Waals surface area (Å²) >= 11 is 3.45. The second kappa shape index (κ2) is 6.16. The number of hydrogen-bond donors (Lipinski definition) is 1. The molecule has 0 aromatic heterocycles. The normalized spacial score (nSPS) is 17.7. The second-order valence-corrected chi connectivity index (χ2v) is 6.52. The van der Waals surface area contributed by atoms with Crippen LogP contribution in [0.3, 0.4) is 0 Å². The van der Waals surface area contributed by atoms with Crippen molar-refractivity contribution in [2.24, 2.45) is 0 Å². The molecule has 1 unspecified atom stereocenters. The number of carbonyl (C=O) groups excluding carboxylic acids is 2. The van der Waals surface area contributed by atoms with Crippen LogP contribution in [0.25, 0.3) is 0 Å². The topological polar surface area (TPSA) is 49.4 Å². The lowest BCUT2D eigenvalue weighted by molar-refractivity contribution is -0.121. The molecule has 2 amide bonds. The predicted octanol–water partition coefficient (Wildman–Crippen LogP) is 3.81. The quantitative estimate of drug-likeness (QED) is 0.833. The summed E-state index contributed by atoms with van der Waals surface area (Å²) in [6, 6.07) is 12.7. The number of nitrogens with one attached hydrogen (secondary N) is 1. The molecule has 4 nitrogen and oxygen atoms in total. The third-order valence-electron chi connectivity index (χ3n) is 4.17. The van der Waals surface area contributed by atoms with Crippen molar-refractivity contribution in [1.82, 2.24) is 0 Å². The third kappa shape index (κ3) is 2.88. The van der Waals surface area contributed by atoms with Crippen molar-refractivity contribution in [2.45, 2.75) is 26.3 Å². The SMILES string of the molecule is Cc1cccc(N2C(=O)CC(Nc3ccccc3Br)C2=O)c1C. The van der Waals surface area contributed by atoms with Crippen LogP contribution in [-0.4, -0.2) is 17.9 Å². The van der Waals surface area contributed by atoms with Crippen LogP contribution in [0.4, 0.5) is 11.4 Å². The molecule has 5 heteroatoms. The largest absolute Gasteiger partial charge is 0.372 e. The smallest absolute Gasteiger partial charge is 0.256 e. The molecule has 0 spiro atoms. The first-order valence-electron chi connectivity index (χ1n) is 7.43. The Morgan fingerprint density at radius 1 is 1.09 bits per heavy atom. The van der Waals surface area contributed by atoms with Gasteiger partial charge in [-0.2, -0.15) is 0 Å². The molecule has 0 radical (unpaired) electrons. The van der Waals surface area contributed by atoms with Crippen LogP contribution in [0.15, 0.2) is 46.9 Å². The van der Waals surface area contributed by atoms with Crippen molar-refractivity contribution in [1.29, 1.82) is 0 Å². The van der Waals surface area contributed by atoms with Crippen molar-refractivity contribution < 1.29 is 9.59 Å². The van der Waals surface area contributed by atoms with Gasteiger partial charge in [-0.05, 0) is 59.1 Å². The maximum absolute atomic E-state index is 12.7. The third-order valence-corrected chi connectivity index (χ3v) is 4.86. The minimum absolute atomic E-state index is 0.160. The van der Waals surface area contributed by atoms with E-state index in [1.54, 1.807) is 0 Å². The lowest BCUT2D eigenvalue weighted by Gasteiger charge is -2.19. The van der Waals surface area contributed by atoms with Gasteiger partial charge in [-0.3, -0.25) is 9.59 Å². The molecule has 1 aliphatic heterocycles. The maximum Gasteiger partial charge on any atom is 0.256 e. The van der Waals surface area contributed by atoms with Gasteiger partial charge in [0.05, 0.1) is 12.1 Å². The Kier molecular flexibility index (Phi) is 4.22. The van der Waals surface area contributed by atoms with E-state index in [1.807, 2.05) is 56.3 Å². The lowest BCUT2D eigenvalue weighted by Crippen LogP contribution is -2.35. The molecule has 0 saturated carbocycles. The van der Waals surface area contributed by atoms with Gasteiger partial charge in [-0.25, -0.2) is 4.90 Å². The zero-order valence-electron chi connectivity index (χ0n) is 13.0. The van der Waals surface area contributed by atoms with Gasteiger partial charge in [0.25, 0.3) is 5.91 Å². The molecule has 118 valence electrons. The van der Waals surface area contributed by atoms with E-state index in [0.29, 0.717) is 5.69 Å². The summed E-state index contributed by atoms with van der Waals surface area (Å²) in [6.45, 7) is 3.90. The van der Waals surface area contributed by atoms with Gasteiger partial charge in [0.1, 0.15) is 6.04 Å². The van der Waals surface area contributed by atoms with E-state index >= 15 is 0 Å². The number of aryl methyl sites for hydroxylation is 1. The Morgan fingerprint density at radius 2 is 1.83 bits per heavy atom. The van der Waals surface area contributed by atoms with Crippen LogP contribution >= 0.6 is 15.9 Å². The van der Waals surface area contributed by atoms with Gasteiger partial charge in [0.15, 0.2) is 0 Å². The predicted molar refractivity (Wildman–Crippen MR) is 94.6 cm³/mol. The average molecular weight is 373 g/mol. The minimum atomic E-state index is -0.541. The van der Waals surface area contributed by atoms with Gasteiger partial charge in [-0.1, -0.05) is 24.3 Å². The number of halogens is 1. The molecule has 1 N–H and O–H groups in total. The molecule has 1 heterocycles. The molecule has 23 heavy (non-hydrogen) atoms. The number of hydrogen-bond acceptors (Lipinski definition) is 3. The number of para-hydroxylation sites is 1. The van der Waals surface area contributed by atoms with Crippen LogP contribution < -0.4 is 10.2 Å². The fourth-order valence-corrected chi connectivity index (χ4v) is 3.14. The first-order valence-corrected chi connectivity index (χ1v) is 8.22. The number of amides is 2.